The fourth-order valence-corrected chi connectivity index (χ4v) is 5.56. The second-order valence-electron chi connectivity index (χ2n) is 9.26. The van der Waals surface area contributed by atoms with Gasteiger partial charge in [0.25, 0.3) is 0 Å². The molecular formula is C24H25N7OS. The molecule has 2 atom stereocenters. The van der Waals surface area contributed by atoms with E-state index in [-0.39, 0.29) is 12.1 Å². The number of benzene rings is 1. The Bertz CT molecular complexity index is 1360. The van der Waals surface area contributed by atoms with Crippen molar-refractivity contribution in [2.75, 3.05) is 5.32 Å². The number of carbonyl (C=O) groups is 1. The Balaban J connectivity index is 1.21. The molecule has 2 aliphatic rings. The lowest BCUT2D eigenvalue weighted by Gasteiger charge is -2.32. The zero-order valence-electron chi connectivity index (χ0n) is 18.7. The molecule has 6 rings (SSSR count). The Morgan fingerprint density at radius 2 is 2.00 bits per heavy atom. The summed E-state index contributed by atoms with van der Waals surface area (Å²) < 4.78 is 0.991. The fourth-order valence-electron chi connectivity index (χ4n) is 4.78. The van der Waals surface area contributed by atoms with Gasteiger partial charge in [-0.2, -0.15) is 5.10 Å². The number of fused-ring (bicyclic) bond motifs is 2. The normalized spacial score (nSPS) is 20.6. The minimum absolute atomic E-state index is 0.0440. The van der Waals surface area contributed by atoms with E-state index in [9.17, 15) is 4.79 Å². The third kappa shape index (κ3) is 3.34. The molecule has 8 nitrogen and oxygen atoms in total. The number of rotatable bonds is 4. The number of nitrogens with one attached hydrogen (secondary N) is 3. The number of anilines is 2. The van der Waals surface area contributed by atoms with Crippen LogP contribution < -0.4 is 10.6 Å². The quantitative estimate of drug-likeness (QED) is 0.408. The number of hydrogen-bond donors (Lipinski definition) is 3. The van der Waals surface area contributed by atoms with Crippen molar-refractivity contribution in [2.24, 2.45) is 0 Å². The van der Waals surface area contributed by atoms with Crippen LogP contribution in [0.1, 0.15) is 48.8 Å². The number of aromatic nitrogens is 4. The second-order valence-corrected chi connectivity index (χ2v) is 10.2. The first-order valence-electron chi connectivity index (χ1n) is 11.1. The number of thiophene rings is 1. The summed E-state index contributed by atoms with van der Waals surface area (Å²) in [6.07, 6.45) is 0.980. The molecule has 0 spiro atoms. The molecule has 168 valence electrons. The molecule has 9 heteroatoms. The molecule has 1 aliphatic carbocycles. The second kappa shape index (κ2) is 7.28. The molecule has 2 amide bonds. The predicted octanol–water partition coefficient (Wildman–Crippen LogP) is 4.78. The number of aromatic amines is 1. The van der Waals surface area contributed by atoms with Crippen LogP contribution >= 0.6 is 11.3 Å². The number of hydrogen-bond acceptors (Lipinski definition) is 6. The van der Waals surface area contributed by atoms with Crippen LogP contribution in [0, 0.1) is 6.92 Å². The van der Waals surface area contributed by atoms with Crippen molar-refractivity contribution >= 4 is 39.2 Å². The van der Waals surface area contributed by atoms with E-state index >= 15 is 0 Å². The highest BCUT2D eigenvalue weighted by Gasteiger charge is 2.46. The Hall–Kier alpha value is -3.46. The number of aryl methyl sites for hydroxylation is 1. The van der Waals surface area contributed by atoms with E-state index in [2.05, 4.69) is 42.9 Å². The van der Waals surface area contributed by atoms with Crippen LogP contribution in [-0.4, -0.2) is 37.1 Å². The van der Waals surface area contributed by atoms with E-state index < -0.39 is 5.54 Å². The maximum Gasteiger partial charge on any atom is 0.318 e. The highest BCUT2D eigenvalue weighted by molar-refractivity contribution is 7.17. The van der Waals surface area contributed by atoms with E-state index in [0.717, 1.165) is 33.7 Å². The SMILES string of the molecule is Cc1nc(Nc2n[nH]c3c2CN(C(=O)N[C@H]2C[C@@H]2c2ccccc2)C3(C)C)c2sccc2n1. The first kappa shape index (κ1) is 20.2. The molecule has 1 saturated carbocycles. The van der Waals surface area contributed by atoms with Crippen molar-refractivity contribution in [1.29, 1.82) is 0 Å². The van der Waals surface area contributed by atoms with Crippen molar-refractivity contribution in [3.63, 3.8) is 0 Å². The van der Waals surface area contributed by atoms with Gasteiger partial charge in [0.05, 0.1) is 28.0 Å². The van der Waals surface area contributed by atoms with Gasteiger partial charge in [-0.1, -0.05) is 30.3 Å². The number of carbonyl (C=O) groups excluding carboxylic acids is 1. The molecule has 3 N–H and O–H groups in total. The van der Waals surface area contributed by atoms with Crippen LogP contribution in [0.3, 0.4) is 0 Å². The van der Waals surface area contributed by atoms with Gasteiger partial charge in [-0.25, -0.2) is 14.8 Å². The Labute approximate surface area is 195 Å². The van der Waals surface area contributed by atoms with E-state index in [1.165, 1.54) is 5.56 Å². The van der Waals surface area contributed by atoms with Crippen molar-refractivity contribution < 1.29 is 4.79 Å². The van der Waals surface area contributed by atoms with Crippen LogP contribution in [0.2, 0.25) is 0 Å². The van der Waals surface area contributed by atoms with Gasteiger partial charge in [-0.05, 0) is 44.2 Å². The minimum Gasteiger partial charge on any atom is -0.335 e. The predicted molar refractivity (Wildman–Crippen MR) is 129 cm³/mol. The van der Waals surface area contributed by atoms with Crippen LogP contribution in [0.15, 0.2) is 41.8 Å². The zero-order valence-corrected chi connectivity index (χ0v) is 19.5. The van der Waals surface area contributed by atoms with E-state index in [1.807, 2.05) is 55.3 Å². The maximum atomic E-state index is 13.3. The van der Waals surface area contributed by atoms with Gasteiger partial charge in [-0.3, -0.25) is 5.10 Å². The number of nitrogens with zero attached hydrogens (tertiary/aromatic N) is 4. The summed E-state index contributed by atoms with van der Waals surface area (Å²) in [4.78, 5) is 24.2. The summed E-state index contributed by atoms with van der Waals surface area (Å²) in [5, 5.41) is 16.3. The molecule has 0 bridgehead atoms. The molecule has 0 saturated heterocycles. The molecule has 3 aromatic heterocycles. The average molecular weight is 460 g/mol. The van der Waals surface area contributed by atoms with Gasteiger partial charge in [-0.15, -0.1) is 11.3 Å². The third-order valence-electron chi connectivity index (χ3n) is 6.69. The summed E-state index contributed by atoms with van der Waals surface area (Å²) in [6.45, 7) is 6.46. The standard InChI is InChI=1S/C24H25N7OS/c1-13-25-17-9-10-33-19(17)22(26-13)28-21-16-12-31(24(2,3)20(16)29-30-21)23(32)27-18-11-15(18)14-7-5-4-6-8-14/h4-10,15,18H,11-12H2,1-3H3,(H,27,32)(H2,25,26,28,29,30)/t15-,18+/m1/s1. The number of urea groups is 1. The summed E-state index contributed by atoms with van der Waals surface area (Å²) in [6, 6.07) is 12.5. The van der Waals surface area contributed by atoms with Crippen molar-refractivity contribution in [2.45, 2.75) is 51.2 Å². The molecule has 0 unspecified atom stereocenters. The Morgan fingerprint density at radius 1 is 1.18 bits per heavy atom. The van der Waals surface area contributed by atoms with Crippen molar-refractivity contribution in [3.8, 4) is 0 Å². The lowest BCUT2D eigenvalue weighted by Crippen LogP contribution is -2.47. The van der Waals surface area contributed by atoms with Gasteiger partial charge in [0.2, 0.25) is 0 Å². The van der Waals surface area contributed by atoms with Gasteiger partial charge >= 0.3 is 6.03 Å². The highest BCUT2D eigenvalue weighted by Crippen LogP contribution is 2.44. The zero-order chi connectivity index (χ0) is 22.7. The molecule has 33 heavy (non-hydrogen) atoms. The van der Waals surface area contributed by atoms with Crippen LogP contribution in [0.4, 0.5) is 16.4 Å². The fraction of sp³-hybridized carbons (Fsp3) is 0.333. The molecule has 4 heterocycles. The van der Waals surface area contributed by atoms with Crippen LogP contribution in [0.5, 0.6) is 0 Å². The third-order valence-corrected chi connectivity index (χ3v) is 7.60. The molecule has 1 aliphatic heterocycles. The molecular weight excluding hydrogens is 434 g/mol. The van der Waals surface area contributed by atoms with Gasteiger partial charge < -0.3 is 15.5 Å². The largest absolute Gasteiger partial charge is 0.335 e. The van der Waals surface area contributed by atoms with Crippen LogP contribution in [0.25, 0.3) is 10.2 Å². The topological polar surface area (TPSA) is 98.8 Å². The highest BCUT2D eigenvalue weighted by atomic mass is 32.1. The molecule has 4 aromatic rings. The van der Waals surface area contributed by atoms with Gasteiger partial charge in [0.15, 0.2) is 11.6 Å². The first-order valence-corrected chi connectivity index (χ1v) is 12.0. The smallest absolute Gasteiger partial charge is 0.318 e. The van der Waals surface area contributed by atoms with Crippen LogP contribution in [-0.2, 0) is 12.1 Å². The summed E-state index contributed by atoms with van der Waals surface area (Å²) >= 11 is 1.60. The maximum absolute atomic E-state index is 13.3. The number of H-pyrrole nitrogens is 1. The van der Waals surface area contributed by atoms with Gasteiger partial charge in [0, 0.05) is 17.5 Å². The monoisotopic (exact) mass is 459 g/mol. The minimum atomic E-state index is -0.497. The van der Waals surface area contributed by atoms with E-state index in [1.54, 1.807) is 11.3 Å². The van der Waals surface area contributed by atoms with E-state index in [0.29, 0.717) is 24.1 Å². The molecule has 1 fully saturated rings. The summed E-state index contributed by atoms with van der Waals surface area (Å²) in [5.74, 6) is 2.54. The van der Waals surface area contributed by atoms with Crippen molar-refractivity contribution in [1.82, 2.24) is 30.4 Å². The lowest BCUT2D eigenvalue weighted by molar-refractivity contribution is 0.142. The van der Waals surface area contributed by atoms with Gasteiger partial charge in [0.1, 0.15) is 5.82 Å². The summed E-state index contributed by atoms with van der Waals surface area (Å²) in [5.41, 5.74) is 3.64. The molecule has 1 aromatic carbocycles. The first-order chi connectivity index (χ1) is 15.9. The average Bonchev–Trinajstić information content (AvgIpc) is 3.09. The summed E-state index contributed by atoms with van der Waals surface area (Å²) in [7, 11) is 0. The Morgan fingerprint density at radius 3 is 2.82 bits per heavy atom. The molecule has 0 radical (unpaired) electrons. The number of amides is 2. The Kier molecular flexibility index (Phi) is 4.45. The van der Waals surface area contributed by atoms with E-state index in [4.69, 9.17) is 0 Å². The lowest BCUT2D eigenvalue weighted by atomic mass is 10.0. The van der Waals surface area contributed by atoms with Crippen molar-refractivity contribution in [3.05, 3.63) is 64.4 Å².